The Hall–Kier alpha value is -2.28. The maximum Gasteiger partial charge on any atom is 0.255 e. The molecule has 0 aliphatic rings. The first-order chi connectivity index (χ1) is 9.68. The Balaban J connectivity index is 1.75. The summed E-state index contributed by atoms with van der Waals surface area (Å²) < 4.78 is 9.47. The number of primary amides is 1. The Morgan fingerprint density at radius 2 is 2.10 bits per heavy atom. The van der Waals surface area contributed by atoms with Crippen LogP contribution in [0.3, 0.4) is 0 Å². The molecule has 7 heteroatoms. The number of hydrogen-bond donors (Lipinski definition) is 3. The van der Waals surface area contributed by atoms with Crippen LogP contribution in [0.5, 0.6) is 5.75 Å². The summed E-state index contributed by atoms with van der Waals surface area (Å²) in [6, 6.07) is 9.60. The van der Waals surface area contributed by atoms with Crippen LogP contribution in [-0.2, 0) is 0 Å². The van der Waals surface area contributed by atoms with Crippen molar-refractivity contribution in [3.63, 3.8) is 0 Å². The van der Waals surface area contributed by atoms with Gasteiger partial charge in [-0.15, -0.1) is 0 Å². The highest BCUT2D eigenvalue weighted by Crippen LogP contribution is 2.25. The van der Waals surface area contributed by atoms with Gasteiger partial charge in [-0.05, 0) is 30.1 Å². The number of nitrogens with one attached hydrogen (secondary N) is 1. The highest BCUT2D eigenvalue weighted by molar-refractivity contribution is 7.11. The van der Waals surface area contributed by atoms with Crippen LogP contribution < -0.4 is 21.5 Å². The highest BCUT2D eigenvalue weighted by atomic mass is 32.1. The predicted octanol–water partition coefficient (Wildman–Crippen LogP) is 1.71. The summed E-state index contributed by atoms with van der Waals surface area (Å²) in [6.45, 7) is 1.23. The average molecular weight is 292 g/mol. The number of ether oxygens (including phenoxy) is 1. The predicted molar refractivity (Wildman–Crippen MR) is 80.1 cm³/mol. The molecule has 1 amide bonds. The largest absolute Gasteiger partial charge is 0.494 e. The lowest BCUT2D eigenvalue weighted by atomic mass is 10.3. The smallest absolute Gasteiger partial charge is 0.255 e. The van der Waals surface area contributed by atoms with E-state index in [2.05, 4.69) is 9.69 Å². The van der Waals surface area contributed by atoms with Gasteiger partial charge in [0.2, 0.25) is 0 Å². The Labute approximate surface area is 120 Å². The van der Waals surface area contributed by atoms with E-state index >= 15 is 0 Å². The number of nitrogens with two attached hydrogens (primary N) is 2. The molecule has 6 nitrogen and oxygen atoms in total. The van der Waals surface area contributed by atoms with Gasteiger partial charge >= 0.3 is 0 Å². The zero-order valence-electron chi connectivity index (χ0n) is 10.8. The third-order valence-corrected chi connectivity index (χ3v) is 3.40. The Morgan fingerprint density at radius 3 is 2.80 bits per heavy atom. The Bertz CT molecular complexity index is 571. The first-order valence-corrected chi connectivity index (χ1v) is 6.92. The first kappa shape index (κ1) is 14.1. The van der Waals surface area contributed by atoms with Crippen LogP contribution in [0.15, 0.2) is 30.3 Å². The van der Waals surface area contributed by atoms with Crippen LogP contribution in [0.1, 0.15) is 16.8 Å². The minimum atomic E-state index is -0.570. The number of nitrogen functional groups attached to an aromatic ring is 1. The number of amides is 1. The van der Waals surface area contributed by atoms with Gasteiger partial charge in [-0.3, -0.25) is 4.79 Å². The number of anilines is 2. The van der Waals surface area contributed by atoms with Crippen LogP contribution in [0.2, 0.25) is 0 Å². The third-order valence-electron chi connectivity index (χ3n) is 2.58. The number of para-hydroxylation sites is 1. The van der Waals surface area contributed by atoms with Gasteiger partial charge in [0, 0.05) is 6.54 Å². The van der Waals surface area contributed by atoms with E-state index in [1.165, 1.54) is 0 Å². The normalized spacial score (nSPS) is 10.2. The maximum atomic E-state index is 11.2. The Kier molecular flexibility index (Phi) is 4.78. The first-order valence-electron chi connectivity index (χ1n) is 6.15. The topological polar surface area (TPSA) is 103 Å². The lowest BCUT2D eigenvalue weighted by Gasteiger charge is -2.07. The summed E-state index contributed by atoms with van der Waals surface area (Å²) >= 11 is 1.13. The van der Waals surface area contributed by atoms with Crippen molar-refractivity contribution < 1.29 is 9.53 Å². The van der Waals surface area contributed by atoms with Crippen molar-refractivity contribution in [2.45, 2.75) is 6.42 Å². The molecule has 0 saturated carbocycles. The Morgan fingerprint density at radius 1 is 1.35 bits per heavy atom. The monoisotopic (exact) mass is 292 g/mol. The number of carbonyl (C=O) groups is 1. The highest BCUT2D eigenvalue weighted by Gasteiger charge is 2.15. The number of aromatic nitrogens is 1. The lowest BCUT2D eigenvalue weighted by Crippen LogP contribution is -2.15. The van der Waals surface area contributed by atoms with E-state index in [0.29, 0.717) is 18.2 Å². The standard InChI is InChI=1S/C13H16N4O2S/c14-11-10(12(15)18)13(20-17-11)16-7-4-8-19-9-5-2-1-3-6-9/h1-3,5-6,16H,4,7-8H2,(H2,14,17)(H2,15,18). The molecule has 0 radical (unpaired) electrons. The van der Waals surface area contributed by atoms with E-state index in [1.54, 1.807) is 0 Å². The summed E-state index contributed by atoms with van der Waals surface area (Å²) in [5, 5.41) is 3.70. The van der Waals surface area contributed by atoms with Crippen LogP contribution in [0, 0.1) is 0 Å². The summed E-state index contributed by atoms with van der Waals surface area (Å²) in [5.74, 6) is 0.442. The minimum absolute atomic E-state index is 0.172. The molecule has 5 N–H and O–H groups in total. The van der Waals surface area contributed by atoms with Crippen LogP contribution in [0.25, 0.3) is 0 Å². The second kappa shape index (κ2) is 6.76. The molecule has 2 aromatic rings. The molecule has 2 rings (SSSR count). The molecule has 0 aliphatic carbocycles. The van der Waals surface area contributed by atoms with Crippen molar-refractivity contribution in [3.05, 3.63) is 35.9 Å². The van der Waals surface area contributed by atoms with E-state index in [4.69, 9.17) is 16.2 Å². The summed E-state index contributed by atoms with van der Waals surface area (Å²) in [4.78, 5) is 11.2. The minimum Gasteiger partial charge on any atom is -0.494 e. The molecule has 0 fully saturated rings. The van der Waals surface area contributed by atoms with Gasteiger partial charge in [0.15, 0.2) is 5.82 Å². The molecular formula is C13H16N4O2S. The molecule has 20 heavy (non-hydrogen) atoms. The number of carbonyl (C=O) groups excluding carboxylic acids is 1. The fourth-order valence-electron chi connectivity index (χ4n) is 1.64. The molecule has 106 valence electrons. The SMILES string of the molecule is NC(=O)c1c(N)nsc1NCCCOc1ccccc1. The molecule has 0 saturated heterocycles. The van der Waals surface area contributed by atoms with E-state index in [9.17, 15) is 4.79 Å². The molecule has 0 atom stereocenters. The fraction of sp³-hybridized carbons (Fsp3) is 0.231. The van der Waals surface area contributed by atoms with E-state index in [1.807, 2.05) is 30.3 Å². The molecule has 1 heterocycles. The van der Waals surface area contributed by atoms with Crippen molar-refractivity contribution in [2.24, 2.45) is 5.73 Å². The third kappa shape index (κ3) is 3.61. The van der Waals surface area contributed by atoms with E-state index in [-0.39, 0.29) is 11.4 Å². The quantitative estimate of drug-likeness (QED) is 0.674. The van der Waals surface area contributed by atoms with E-state index < -0.39 is 5.91 Å². The van der Waals surface area contributed by atoms with Crippen molar-refractivity contribution in [3.8, 4) is 5.75 Å². The maximum absolute atomic E-state index is 11.2. The zero-order chi connectivity index (χ0) is 14.4. The molecule has 0 bridgehead atoms. The second-order valence-corrected chi connectivity index (χ2v) is 4.85. The number of benzene rings is 1. The second-order valence-electron chi connectivity index (χ2n) is 4.08. The number of nitrogens with zero attached hydrogens (tertiary/aromatic N) is 1. The van der Waals surface area contributed by atoms with Gasteiger partial charge in [0.25, 0.3) is 5.91 Å². The van der Waals surface area contributed by atoms with Crippen molar-refractivity contribution in [1.29, 1.82) is 0 Å². The molecule has 0 aliphatic heterocycles. The van der Waals surface area contributed by atoms with Gasteiger partial charge in [-0.25, -0.2) is 0 Å². The summed E-state index contributed by atoms with van der Waals surface area (Å²) in [6.07, 6.45) is 0.783. The van der Waals surface area contributed by atoms with Crippen LogP contribution in [-0.4, -0.2) is 23.4 Å². The van der Waals surface area contributed by atoms with E-state index in [0.717, 1.165) is 23.7 Å². The molecule has 0 spiro atoms. The number of hydrogen-bond acceptors (Lipinski definition) is 6. The molecule has 0 unspecified atom stereocenters. The van der Waals surface area contributed by atoms with Crippen molar-refractivity contribution in [1.82, 2.24) is 4.37 Å². The van der Waals surface area contributed by atoms with Gasteiger partial charge < -0.3 is 21.5 Å². The molecule has 1 aromatic carbocycles. The van der Waals surface area contributed by atoms with Crippen molar-refractivity contribution >= 4 is 28.3 Å². The fourth-order valence-corrected chi connectivity index (χ4v) is 2.39. The van der Waals surface area contributed by atoms with Gasteiger partial charge in [0.1, 0.15) is 16.3 Å². The van der Waals surface area contributed by atoms with Gasteiger partial charge in [0.05, 0.1) is 6.61 Å². The number of rotatable bonds is 7. The lowest BCUT2D eigenvalue weighted by molar-refractivity contribution is 0.100. The van der Waals surface area contributed by atoms with Crippen molar-refractivity contribution in [2.75, 3.05) is 24.2 Å². The van der Waals surface area contributed by atoms with Crippen LogP contribution in [0.4, 0.5) is 10.8 Å². The average Bonchev–Trinajstić information content (AvgIpc) is 2.81. The molecular weight excluding hydrogens is 276 g/mol. The summed E-state index contributed by atoms with van der Waals surface area (Å²) in [7, 11) is 0. The van der Waals surface area contributed by atoms with Gasteiger partial charge in [-0.1, -0.05) is 18.2 Å². The summed E-state index contributed by atoms with van der Waals surface area (Å²) in [5.41, 5.74) is 11.1. The molecule has 1 aromatic heterocycles. The van der Waals surface area contributed by atoms with Crippen LogP contribution >= 0.6 is 11.5 Å². The van der Waals surface area contributed by atoms with Gasteiger partial charge in [-0.2, -0.15) is 4.37 Å². The zero-order valence-corrected chi connectivity index (χ0v) is 11.7.